The van der Waals surface area contributed by atoms with Crippen molar-refractivity contribution in [2.24, 2.45) is 5.92 Å². The first-order chi connectivity index (χ1) is 9.67. The predicted molar refractivity (Wildman–Crippen MR) is 71.9 cm³/mol. The number of benzene rings is 1. The van der Waals surface area contributed by atoms with Crippen LogP contribution in [0.1, 0.15) is 20.3 Å². The number of rotatable bonds is 6. The number of halogens is 2. The number of sulfonamides is 1. The minimum Gasteiger partial charge on any atom is -0.468 e. The molecule has 1 aromatic carbocycles. The monoisotopic (exact) mass is 321 g/mol. The van der Waals surface area contributed by atoms with E-state index < -0.39 is 38.6 Å². The van der Waals surface area contributed by atoms with Gasteiger partial charge in [-0.15, -0.1) is 0 Å². The van der Waals surface area contributed by atoms with Crippen LogP contribution in [0.15, 0.2) is 23.1 Å². The number of nitrogens with one attached hydrogen (secondary N) is 1. The molecule has 0 aliphatic heterocycles. The summed E-state index contributed by atoms with van der Waals surface area (Å²) in [6.45, 7) is 3.61. The van der Waals surface area contributed by atoms with Gasteiger partial charge in [-0.25, -0.2) is 17.2 Å². The highest BCUT2D eigenvalue weighted by atomic mass is 32.2. The number of esters is 1. The summed E-state index contributed by atoms with van der Waals surface area (Å²) in [5.41, 5.74) is 0. The summed E-state index contributed by atoms with van der Waals surface area (Å²) in [5.74, 6) is -3.14. The Morgan fingerprint density at radius 2 is 1.90 bits per heavy atom. The molecule has 0 aliphatic rings. The smallest absolute Gasteiger partial charge is 0.323 e. The lowest BCUT2D eigenvalue weighted by molar-refractivity contribution is -0.143. The number of hydrogen-bond donors (Lipinski definition) is 1. The zero-order valence-corrected chi connectivity index (χ0v) is 12.7. The lowest BCUT2D eigenvalue weighted by Crippen LogP contribution is -2.42. The minimum atomic E-state index is -4.16. The third kappa shape index (κ3) is 4.75. The van der Waals surface area contributed by atoms with Crippen LogP contribution in [0, 0.1) is 17.6 Å². The van der Waals surface area contributed by atoms with E-state index in [1.807, 2.05) is 13.8 Å². The molecular weight excluding hydrogens is 304 g/mol. The first kappa shape index (κ1) is 17.5. The highest BCUT2D eigenvalue weighted by Gasteiger charge is 2.27. The molecule has 5 nitrogen and oxygen atoms in total. The molecule has 1 aromatic rings. The Hall–Kier alpha value is -1.54. The van der Waals surface area contributed by atoms with Gasteiger partial charge in [-0.3, -0.25) is 4.79 Å². The van der Waals surface area contributed by atoms with E-state index >= 15 is 0 Å². The summed E-state index contributed by atoms with van der Waals surface area (Å²) >= 11 is 0. The molecule has 0 fully saturated rings. The van der Waals surface area contributed by atoms with Crippen LogP contribution >= 0.6 is 0 Å². The fourth-order valence-electron chi connectivity index (χ4n) is 1.71. The minimum absolute atomic E-state index is 0.0294. The number of ether oxygens (including phenoxy) is 1. The first-order valence-electron chi connectivity index (χ1n) is 6.22. The average molecular weight is 321 g/mol. The highest BCUT2D eigenvalue weighted by molar-refractivity contribution is 7.89. The van der Waals surface area contributed by atoms with Gasteiger partial charge in [-0.1, -0.05) is 13.8 Å². The molecule has 0 unspecified atom stereocenters. The van der Waals surface area contributed by atoms with E-state index in [2.05, 4.69) is 9.46 Å². The van der Waals surface area contributed by atoms with E-state index in [1.54, 1.807) is 0 Å². The maximum Gasteiger partial charge on any atom is 0.323 e. The van der Waals surface area contributed by atoms with Crippen molar-refractivity contribution in [2.45, 2.75) is 31.2 Å². The number of carbonyl (C=O) groups is 1. The lowest BCUT2D eigenvalue weighted by atomic mass is 10.1. The molecule has 1 rings (SSSR count). The van der Waals surface area contributed by atoms with Crippen LogP contribution in [-0.2, 0) is 19.6 Å². The second-order valence-corrected chi connectivity index (χ2v) is 6.62. The Kier molecular flexibility index (Phi) is 5.79. The summed E-state index contributed by atoms with van der Waals surface area (Å²) in [5, 5.41) is 0. The molecule has 0 aromatic heterocycles. The van der Waals surface area contributed by atoms with Crippen molar-refractivity contribution in [1.82, 2.24) is 4.72 Å². The Morgan fingerprint density at radius 3 is 2.38 bits per heavy atom. The van der Waals surface area contributed by atoms with Crippen molar-refractivity contribution in [3.8, 4) is 0 Å². The van der Waals surface area contributed by atoms with Crippen molar-refractivity contribution in [2.75, 3.05) is 7.11 Å². The van der Waals surface area contributed by atoms with Gasteiger partial charge in [0, 0.05) is 0 Å². The molecule has 0 amide bonds. The fourth-order valence-corrected chi connectivity index (χ4v) is 2.91. The number of methoxy groups -OCH3 is 1. The van der Waals surface area contributed by atoms with E-state index in [0.29, 0.717) is 12.1 Å². The standard InChI is InChI=1S/C13H17F2NO4S/c1-8(2)6-12(13(17)20-3)16-21(18,19)9-4-5-10(14)11(15)7-9/h4-5,7-8,12,16H,6H2,1-3H3/t12-/m1/s1. The second kappa shape index (κ2) is 6.95. The molecule has 0 aliphatic carbocycles. The van der Waals surface area contributed by atoms with E-state index in [-0.39, 0.29) is 12.3 Å². The van der Waals surface area contributed by atoms with Crippen LogP contribution in [0.25, 0.3) is 0 Å². The maximum absolute atomic E-state index is 13.1. The molecule has 0 heterocycles. The van der Waals surface area contributed by atoms with Crippen molar-refractivity contribution in [3.05, 3.63) is 29.8 Å². The molecule has 8 heteroatoms. The van der Waals surface area contributed by atoms with Crippen LogP contribution < -0.4 is 4.72 Å². The average Bonchev–Trinajstić information content (AvgIpc) is 2.39. The van der Waals surface area contributed by atoms with Gasteiger partial charge in [0.25, 0.3) is 0 Å². The van der Waals surface area contributed by atoms with Crippen molar-refractivity contribution in [3.63, 3.8) is 0 Å². The Balaban J connectivity index is 3.05. The maximum atomic E-state index is 13.1. The molecule has 0 spiro atoms. The number of carbonyl (C=O) groups excluding carboxylic acids is 1. The van der Waals surface area contributed by atoms with Gasteiger partial charge < -0.3 is 4.74 Å². The van der Waals surface area contributed by atoms with Crippen molar-refractivity contribution < 1.29 is 26.7 Å². The third-order valence-electron chi connectivity index (χ3n) is 2.69. The zero-order chi connectivity index (χ0) is 16.2. The van der Waals surface area contributed by atoms with Crippen LogP contribution in [0.2, 0.25) is 0 Å². The van der Waals surface area contributed by atoms with Gasteiger partial charge >= 0.3 is 5.97 Å². The van der Waals surface area contributed by atoms with Gasteiger partial charge in [0.15, 0.2) is 11.6 Å². The highest BCUT2D eigenvalue weighted by Crippen LogP contribution is 2.16. The Morgan fingerprint density at radius 1 is 1.29 bits per heavy atom. The third-order valence-corrected chi connectivity index (χ3v) is 4.16. The molecule has 21 heavy (non-hydrogen) atoms. The summed E-state index contributed by atoms with van der Waals surface area (Å²) in [6, 6.07) is 1.10. The SMILES string of the molecule is COC(=O)[C@@H](CC(C)C)NS(=O)(=O)c1ccc(F)c(F)c1. The molecular formula is C13H17F2NO4S. The van der Waals surface area contributed by atoms with Gasteiger partial charge in [0.2, 0.25) is 10.0 Å². The van der Waals surface area contributed by atoms with Gasteiger partial charge in [0.1, 0.15) is 6.04 Å². The first-order valence-corrected chi connectivity index (χ1v) is 7.71. The van der Waals surface area contributed by atoms with Crippen molar-refractivity contribution >= 4 is 16.0 Å². The molecule has 0 bridgehead atoms. The van der Waals surface area contributed by atoms with E-state index in [0.717, 1.165) is 13.2 Å². The molecule has 0 saturated carbocycles. The van der Waals surface area contributed by atoms with Gasteiger partial charge in [0.05, 0.1) is 12.0 Å². The van der Waals surface area contributed by atoms with Crippen LogP contribution in [0.4, 0.5) is 8.78 Å². The molecule has 0 radical (unpaired) electrons. The molecule has 1 atom stereocenters. The van der Waals surface area contributed by atoms with Crippen molar-refractivity contribution in [1.29, 1.82) is 0 Å². The van der Waals surface area contributed by atoms with Crippen LogP contribution in [0.5, 0.6) is 0 Å². The zero-order valence-electron chi connectivity index (χ0n) is 11.9. The molecule has 0 saturated heterocycles. The Labute approximate surface area is 122 Å². The van der Waals surface area contributed by atoms with E-state index in [9.17, 15) is 22.0 Å². The summed E-state index contributed by atoms with van der Waals surface area (Å²) in [4.78, 5) is 11.1. The Bertz CT molecular complexity index is 617. The molecule has 118 valence electrons. The quantitative estimate of drug-likeness (QED) is 0.811. The van der Waals surface area contributed by atoms with Crippen LogP contribution in [0.3, 0.4) is 0 Å². The predicted octanol–water partition coefficient (Wildman–Crippen LogP) is 1.83. The normalized spacial score (nSPS) is 13.2. The van der Waals surface area contributed by atoms with Gasteiger partial charge in [-0.05, 0) is 30.5 Å². The summed E-state index contributed by atoms with van der Waals surface area (Å²) < 4.78 is 56.8. The lowest BCUT2D eigenvalue weighted by Gasteiger charge is -2.18. The van der Waals surface area contributed by atoms with Gasteiger partial charge in [-0.2, -0.15) is 4.72 Å². The topological polar surface area (TPSA) is 72.5 Å². The van der Waals surface area contributed by atoms with E-state index in [4.69, 9.17) is 0 Å². The summed E-state index contributed by atoms with van der Waals surface area (Å²) in [7, 11) is -3.02. The second-order valence-electron chi connectivity index (χ2n) is 4.90. The fraction of sp³-hybridized carbons (Fsp3) is 0.462. The largest absolute Gasteiger partial charge is 0.468 e. The molecule has 1 N–H and O–H groups in total. The van der Waals surface area contributed by atoms with E-state index in [1.165, 1.54) is 0 Å². The summed E-state index contributed by atoms with van der Waals surface area (Å²) in [6.07, 6.45) is 0.218. The number of hydrogen-bond acceptors (Lipinski definition) is 4. The van der Waals surface area contributed by atoms with Crippen LogP contribution in [-0.4, -0.2) is 27.5 Å².